The molecule has 2 saturated heterocycles. The molecule has 0 saturated carbocycles. The second-order valence-electron chi connectivity index (χ2n) is 6.23. The first-order chi connectivity index (χ1) is 10.6. The molecule has 2 heterocycles. The zero-order valence-electron chi connectivity index (χ0n) is 13.0. The summed E-state index contributed by atoms with van der Waals surface area (Å²) in [7, 11) is 0. The van der Waals surface area contributed by atoms with Crippen LogP contribution in [-0.2, 0) is 4.79 Å². The highest BCUT2D eigenvalue weighted by Crippen LogP contribution is 2.27. The topological polar surface area (TPSA) is 61.4 Å². The number of carbonyl (C=O) groups is 2. The van der Waals surface area contributed by atoms with Crippen LogP contribution in [0.25, 0.3) is 0 Å². The van der Waals surface area contributed by atoms with Gasteiger partial charge in [0, 0.05) is 36.8 Å². The van der Waals surface area contributed by atoms with Gasteiger partial charge in [-0.05, 0) is 44.0 Å². The van der Waals surface area contributed by atoms with Crippen LogP contribution >= 0.6 is 0 Å². The van der Waals surface area contributed by atoms with Gasteiger partial charge in [0.1, 0.15) is 0 Å². The van der Waals surface area contributed by atoms with Crippen molar-refractivity contribution in [3.05, 3.63) is 29.8 Å². The van der Waals surface area contributed by atoms with Gasteiger partial charge in [0.25, 0.3) is 5.91 Å². The fourth-order valence-electron chi connectivity index (χ4n) is 3.61. The highest BCUT2D eigenvalue weighted by Gasteiger charge is 2.36. The molecule has 0 aliphatic carbocycles. The Balaban J connectivity index is 1.65. The average molecular weight is 301 g/mol. The summed E-state index contributed by atoms with van der Waals surface area (Å²) in [5.41, 5.74) is 1.26. The largest absolute Gasteiger partial charge is 0.348 e. The lowest BCUT2D eigenvalue weighted by Crippen LogP contribution is -2.46. The second kappa shape index (κ2) is 6.48. The van der Waals surface area contributed by atoms with Crippen LogP contribution in [0.3, 0.4) is 0 Å². The molecule has 2 amide bonds. The quantitative estimate of drug-likeness (QED) is 0.897. The molecule has 1 aromatic rings. The molecule has 5 heteroatoms. The van der Waals surface area contributed by atoms with Crippen molar-refractivity contribution in [2.75, 3.05) is 18.4 Å². The van der Waals surface area contributed by atoms with E-state index in [0.29, 0.717) is 17.3 Å². The fraction of sp³-hybridized carbons (Fsp3) is 0.529. The van der Waals surface area contributed by atoms with E-state index in [-0.39, 0.29) is 17.9 Å². The molecule has 0 aromatic heterocycles. The number of amides is 2. The highest BCUT2D eigenvalue weighted by atomic mass is 16.2. The molecule has 0 bridgehead atoms. The molecule has 1 aromatic carbocycles. The Labute approximate surface area is 131 Å². The first kappa shape index (κ1) is 15.0. The zero-order chi connectivity index (χ0) is 15.5. The van der Waals surface area contributed by atoms with Gasteiger partial charge in [-0.2, -0.15) is 0 Å². The van der Waals surface area contributed by atoms with Crippen LogP contribution in [0.4, 0.5) is 5.69 Å². The molecule has 5 nitrogen and oxygen atoms in total. The van der Waals surface area contributed by atoms with E-state index in [0.717, 1.165) is 19.5 Å². The molecule has 2 atom stereocenters. The fourth-order valence-corrected chi connectivity index (χ4v) is 3.61. The summed E-state index contributed by atoms with van der Waals surface area (Å²) in [5, 5.41) is 5.89. The van der Waals surface area contributed by atoms with Crippen molar-refractivity contribution < 1.29 is 9.59 Å². The molecule has 0 spiro atoms. The maximum Gasteiger partial charge on any atom is 0.251 e. The van der Waals surface area contributed by atoms with E-state index in [9.17, 15) is 9.59 Å². The van der Waals surface area contributed by atoms with Crippen molar-refractivity contribution in [2.24, 2.45) is 0 Å². The molecular weight excluding hydrogens is 278 g/mol. The van der Waals surface area contributed by atoms with Gasteiger partial charge < -0.3 is 10.6 Å². The molecule has 22 heavy (non-hydrogen) atoms. The van der Waals surface area contributed by atoms with Crippen LogP contribution in [-0.4, -0.2) is 41.9 Å². The monoisotopic (exact) mass is 301 g/mol. The lowest BCUT2D eigenvalue weighted by molar-refractivity contribution is -0.114. The van der Waals surface area contributed by atoms with E-state index in [2.05, 4.69) is 15.5 Å². The van der Waals surface area contributed by atoms with Crippen molar-refractivity contribution in [3.63, 3.8) is 0 Å². The van der Waals surface area contributed by atoms with Gasteiger partial charge in [-0.1, -0.05) is 12.5 Å². The third-order valence-corrected chi connectivity index (χ3v) is 4.62. The number of carbonyl (C=O) groups excluding carboxylic acids is 2. The Hall–Kier alpha value is -1.88. The second-order valence-corrected chi connectivity index (χ2v) is 6.23. The van der Waals surface area contributed by atoms with E-state index < -0.39 is 0 Å². The smallest absolute Gasteiger partial charge is 0.251 e. The lowest BCUT2D eigenvalue weighted by atomic mass is 9.99. The van der Waals surface area contributed by atoms with E-state index in [1.165, 1.54) is 26.2 Å². The van der Waals surface area contributed by atoms with E-state index in [1.807, 2.05) is 0 Å². The Morgan fingerprint density at radius 2 is 2.05 bits per heavy atom. The summed E-state index contributed by atoms with van der Waals surface area (Å²) >= 11 is 0. The zero-order valence-corrected chi connectivity index (χ0v) is 13.0. The van der Waals surface area contributed by atoms with Crippen LogP contribution in [0.5, 0.6) is 0 Å². The Bertz CT molecular complexity index is 573. The normalized spacial score (nSPS) is 24.6. The van der Waals surface area contributed by atoms with Crippen molar-refractivity contribution in [1.29, 1.82) is 0 Å². The molecule has 3 rings (SSSR count). The van der Waals surface area contributed by atoms with Crippen LogP contribution in [0.2, 0.25) is 0 Å². The molecule has 2 aliphatic heterocycles. The summed E-state index contributed by atoms with van der Waals surface area (Å²) < 4.78 is 0. The minimum absolute atomic E-state index is 0.0513. The standard InChI is InChI=1S/C17H23N3O2/c1-12(21)18-14-6-4-5-13(11-14)17(22)19-15-8-10-20-9-3-2-7-16(15)20/h4-6,11,15-16H,2-3,7-10H2,1H3,(H,18,21)(H,19,22). The van der Waals surface area contributed by atoms with Crippen LogP contribution in [0.1, 0.15) is 43.0 Å². The third kappa shape index (κ3) is 3.30. The number of fused-ring (bicyclic) bond motifs is 1. The Kier molecular flexibility index (Phi) is 4.43. The van der Waals surface area contributed by atoms with E-state index >= 15 is 0 Å². The Morgan fingerprint density at radius 1 is 1.18 bits per heavy atom. The maximum atomic E-state index is 12.5. The number of hydrogen-bond donors (Lipinski definition) is 2. The number of rotatable bonds is 3. The molecule has 118 valence electrons. The van der Waals surface area contributed by atoms with Crippen molar-refractivity contribution in [3.8, 4) is 0 Å². The summed E-state index contributed by atoms with van der Waals surface area (Å²) in [6, 6.07) is 7.84. The summed E-state index contributed by atoms with van der Waals surface area (Å²) in [6.07, 6.45) is 4.74. The van der Waals surface area contributed by atoms with Gasteiger partial charge in [0.2, 0.25) is 5.91 Å². The van der Waals surface area contributed by atoms with Crippen molar-refractivity contribution >= 4 is 17.5 Å². The number of nitrogens with one attached hydrogen (secondary N) is 2. The van der Waals surface area contributed by atoms with Gasteiger partial charge in [0.05, 0.1) is 0 Å². The van der Waals surface area contributed by atoms with Crippen LogP contribution < -0.4 is 10.6 Å². The number of nitrogens with zero attached hydrogens (tertiary/aromatic N) is 1. The van der Waals surface area contributed by atoms with Gasteiger partial charge >= 0.3 is 0 Å². The van der Waals surface area contributed by atoms with E-state index in [4.69, 9.17) is 0 Å². The summed E-state index contributed by atoms with van der Waals surface area (Å²) in [6.45, 7) is 3.71. The van der Waals surface area contributed by atoms with Crippen LogP contribution in [0.15, 0.2) is 24.3 Å². The lowest BCUT2D eigenvalue weighted by Gasteiger charge is -2.32. The average Bonchev–Trinajstić information content (AvgIpc) is 2.90. The molecule has 2 fully saturated rings. The van der Waals surface area contributed by atoms with Gasteiger partial charge in [-0.25, -0.2) is 0 Å². The number of hydrogen-bond acceptors (Lipinski definition) is 3. The minimum Gasteiger partial charge on any atom is -0.348 e. The molecule has 0 radical (unpaired) electrons. The van der Waals surface area contributed by atoms with Crippen molar-refractivity contribution in [1.82, 2.24) is 10.2 Å². The van der Waals surface area contributed by atoms with Gasteiger partial charge in [-0.15, -0.1) is 0 Å². The van der Waals surface area contributed by atoms with E-state index in [1.54, 1.807) is 24.3 Å². The predicted octanol–water partition coefficient (Wildman–Crippen LogP) is 2.00. The van der Waals surface area contributed by atoms with Gasteiger partial charge in [-0.3, -0.25) is 14.5 Å². The summed E-state index contributed by atoms with van der Waals surface area (Å²) in [5.74, 6) is -0.184. The van der Waals surface area contributed by atoms with Gasteiger partial charge in [0.15, 0.2) is 0 Å². The third-order valence-electron chi connectivity index (χ3n) is 4.62. The molecular formula is C17H23N3O2. The number of benzene rings is 1. The minimum atomic E-state index is -0.133. The number of anilines is 1. The summed E-state index contributed by atoms with van der Waals surface area (Å²) in [4.78, 5) is 26.1. The molecule has 2 N–H and O–H groups in total. The van der Waals surface area contributed by atoms with Crippen molar-refractivity contribution in [2.45, 2.75) is 44.7 Å². The molecule has 2 aliphatic rings. The first-order valence-corrected chi connectivity index (χ1v) is 8.06. The number of piperidine rings is 1. The maximum absolute atomic E-state index is 12.5. The SMILES string of the molecule is CC(=O)Nc1cccc(C(=O)NC2CCN3CCCCC23)c1. The van der Waals surface area contributed by atoms with Crippen LogP contribution in [0, 0.1) is 0 Å². The first-order valence-electron chi connectivity index (χ1n) is 8.06. The predicted molar refractivity (Wildman–Crippen MR) is 85.8 cm³/mol. The highest BCUT2D eigenvalue weighted by molar-refractivity contribution is 5.97. The molecule has 2 unspecified atom stereocenters. The Morgan fingerprint density at radius 3 is 2.86 bits per heavy atom.